The number of carbonyl (C=O) groups is 1. The van der Waals surface area contributed by atoms with E-state index in [9.17, 15) is 23.3 Å². The van der Waals surface area contributed by atoms with E-state index in [2.05, 4.69) is 5.32 Å². The Morgan fingerprint density at radius 1 is 1.11 bits per heavy atom. The number of benzene rings is 2. The summed E-state index contributed by atoms with van der Waals surface area (Å²) >= 11 is 0. The molecular formula is C17H20N4O5S. The molecule has 9 nitrogen and oxygen atoms in total. The number of nitro benzene ring substituents is 1. The molecule has 0 unspecified atom stereocenters. The van der Waals surface area contributed by atoms with Gasteiger partial charge >= 0.3 is 10.2 Å². The zero-order valence-electron chi connectivity index (χ0n) is 15.1. The van der Waals surface area contributed by atoms with E-state index < -0.39 is 27.6 Å². The number of rotatable bonds is 7. The van der Waals surface area contributed by atoms with Crippen molar-refractivity contribution < 1.29 is 18.1 Å². The third-order valence-electron chi connectivity index (χ3n) is 3.85. The molecule has 2 aromatic carbocycles. The highest BCUT2D eigenvalue weighted by Gasteiger charge is 2.27. The van der Waals surface area contributed by atoms with Crippen molar-refractivity contribution in [1.29, 1.82) is 0 Å². The molecule has 0 heterocycles. The summed E-state index contributed by atoms with van der Waals surface area (Å²) in [6, 6.07) is 12.5. The van der Waals surface area contributed by atoms with Crippen molar-refractivity contribution >= 4 is 33.2 Å². The third-order valence-corrected chi connectivity index (χ3v) is 5.67. The van der Waals surface area contributed by atoms with E-state index in [0.717, 1.165) is 8.61 Å². The first-order valence-corrected chi connectivity index (χ1v) is 9.33. The first-order chi connectivity index (χ1) is 12.6. The maximum absolute atomic E-state index is 12.6. The standard InChI is InChI=1S/C17H20N4O5S/c1-13-15(10-7-11-16(13)21(23)24)18-17(22)12-20(27(25,26)19(2)3)14-8-5-4-6-9-14/h4-11H,12H2,1-3H3,(H,18,22). The highest BCUT2D eigenvalue weighted by Crippen LogP contribution is 2.25. The zero-order valence-corrected chi connectivity index (χ0v) is 15.9. The Balaban J connectivity index is 2.30. The van der Waals surface area contributed by atoms with Gasteiger partial charge in [0.1, 0.15) is 6.54 Å². The first kappa shape index (κ1) is 20.3. The minimum Gasteiger partial charge on any atom is -0.324 e. The van der Waals surface area contributed by atoms with E-state index in [1.807, 2.05) is 0 Å². The van der Waals surface area contributed by atoms with E-state index in [1.165, 1.54) is 39.2 Å². The predicted octanol–water partition coefficient (Wildman–Crippen LogP) is 2.15. The molecule has 0 saturated heterocycles. The molecule has 1 N–H and O–H groups in total. The number of hydrogen-bond acceptors (Lipinski definition) is 5. The number of nitrogens with zero attached hydrogens (tertiary/aromatic N) is 3. The molecule has 0 spiro atoms. The summed E-state index contributed by atoms with van der Waals surface area (Å²) < 4.78 is 27.2. The molecular weight excluding hydrogens is 372 g/mol. The molecule has 0 radical (unpaired) electrons. The maximum atomic E-state index is 12.6. The van der Waals surface area contributed by atoms with Gasteiger partial charge in [-0.05, 0) is 25.1 Å². The lowest BCUT2D eigenvalue weighted by molar-refractivity contribution is -0.385. The van der Waals surface area contributed by atoms with Crippen molar-refractivity contribution in [3.8, 4) is 0 Å². The van der Waals surface area contributed by atoms with Gasteiger partial charge in [0.2, 0.25) is 5.91 Å². The van der Waals surface area contributed by atoms with E-state index in [1.54, 1.807) is 30.3 Å². The molecule has 144 valence electrons. The summed E-state index contributed by atoms with van der Waals surface area (Å²) in [7, 11) is -1.18. The summed E-state index contributed by atoms with van der Waals surface area (Å²) in [6.07, 6.45) is 0. The summed E-state index contributed by atoms with van der Waals surface area (Å²) in [5.41, 5.74) is 0.743. The van der Waals surface area contributed by atoms with Crippen molar-refractivity contribution in [1.82, 2.24) is 4.31 Å². The second-order valence-electron chi connectivity index (χ2n) is 5.89. The fourth-order valence-electron chi connectivity index (χ4n) is 2.37. The van der Waals surface area contributed by atoms with E-state index >= 15 is 0 Å². The van der Waals surface area contributed by atoms with Crippen molar-refractivity contribution in [3.05, 3.63) is 64.2 Å². The van der Waals surface area contributed by atoms with Gasteiger partial charge in [-0.1, -0.05) is 24.3 Å². The lowest BCUT2D eigenvalue weighted by atomic mass is 10.1. The van der Waals surface area contributed by atoms with Crippen LogP contribution in [-0.4, -0.2) is 44.2 Å². The van der Waals surface area contributed by atoms with Crippen LogP contribution in [0.1, 0.15) is 5.56 Å². The number of carbonyl (C=O) groups excluding carboxylic acids is 1. The van der Waals surface area contributed by atoms with E-state index in [-0.39, 0.29) is 16.9 Å². The number of amides is 1. The molecule has 2 rings (SSSR count). The molecule has 0 bridgehead atoms. The monoisotopic (exact) mass is 392 g/mol. The SMILES string of the molecule is Cc1c(NC(=O)CN(c2ccccc2)S(=O)(=O)N(C)C)cccc1[N+](=O)[O-]. The van der Waals surface area contributed by atoms with Crippen LogP contribution in [0.2, 0.25) is 0 Å². The van der Waals surface area contributed by atoms with Crippen LogP contribution in [0.3, 0.4) is 0 Å². The number of para-hydroxylation sites is 1. The van der Waals surface area contributed by atoms with Gasteiger partial charge in [-0.25, -0.2) is 4.31 Å². The number of nitro groups is 1. The Bertz CT molecular complexity index is 945. The Kier molecular flexibility index (Phi) is 6.13. The van der Waals surface area contributed by atoms with Gasteiger partial charge in [0, 0.05) is 20.2 Å². The second kappa shape index (κ2) is 8.14. The largest absolute Gasteiger partial charge is 0.324 e. The van der Waals surface area contributed by atoms with Crippen molar-refractivity contribution in [3.63, 3.8) is 0 Å². The van der Waals surface area contributed by atoms with Crippen LogP contribution in [0, 0.1) is 17.0 Å². The molecule has 10 heteroatoms. The molecule has 0 aliphatic heterocycles. The van der Waals surface area contributed by atoms with Crippen LogP contribution in [0.15, 0.2) is 48.5 Å². The molecule has 27 heavy (non-hydrogen) atoms. The van der Waals surface area contributed by atoms with Gasteiger partial charge < -0.3 is 5.32 Å². The Labute approximate surface area is 157 Å². The van der Waals surface area contributed by atoms with Crippen LogP contribution in [-0.2, 0) is 15.0 Å². The van der Waals surface area contributed by atoms with Crippen LogP contribution < -0.4 is 9.62 Å². The van der Waals surface area contributed by atoms with Crippen LogP contribution in [0.25, 0.3) is 0 Å². The number of hydrogen-bond donors (Lipinski definition) is 1. The second-order valence-corrected chi connectivity index (χ2v) is 7.95. The van der Waals surface area contributed by atoms with Crippen LogP contribution >= 0.6 is 0 Å². The Morgan fingerprint density at radius 3 is 2.30 bits per heavy atom. The lowest BCUT2D eigenvalue weighted by Crippen LogP contribution is -2.44. The number of nitrogens with one attached hydrogen (secondary N) is 1. The Hall–Kier alpha value is -2.98. The summed E-state index contributed by atoms with van der Waals surface area (Å²) in [5, 5.41) is 13.6. The van der Waals surface area contributed by atoms with E-state index in [4.69, 9.17) is 0 Å². The fraction of sp³-hybridized carbons (Fsp3) is 0.235. The van der Waals surface area contributed by atoms with Crippen LogP contribution in [0.5, 0.6) is 0 Å². The Morgan fingerprint density at radius 2 is 1.74 bits per heavy atom. The van der Waals surface area contributed by atoms with Crippen molar-refractivity contribution in [2.75, 3.05) is 30.3 Å². The molecule has 0 aliphatic carbocycles. The normalized spacial score (nSPS) is 11.3. The minimum absolute atomic E-state index is 0.131. The van der Waals surface area contributed by atoms with Gasteiger partial charge in [0.05, 0.1) is 21.9 Å². The van der Waals surface area contributed by atoms with Gasteiger partial charge in [0.15, 0.2) is 0 Å². The molecule has 0 aromatic heterocycles. The summed E-state index contributed by atoms with van der Waals surface area (Å²) in [5.74, 6) is -0.618. The third kappa shape index (κ3) is 4.60. The van der Waals surface area contributed by atoms with Crippen LogP contribution in [0.4, 0.5) is 17.1 Å². The van der Waals surface area contributed by atoms with Gasteiger partial charge in [-0.15, -0.1) is 0 Å². The minimum atomic E-state index is -3.91. The molecule has 1 amide bonds. The maximum Gasteiger partial charge on any atom is 0.304 e. The van der Waals surface area contributed by atoms with Crippen molar-refractivity contribution in [2.45, 2.75) is 6.92 Å². The molecule has 0 fully saturated rings. The zero-order chi connectivity index (χ0) is 20.2. The van der Waals surface area contributed by atoms with Gasteiger partial charge in [-0.3, -0.25) is 14.9 Å². The average Bonchev–Trinajstić information content (AvgIpc) is 2.61. The topological polar surface area (TPSA) is 113 Å². The first-order valence-electron chi connectivity index (χ1n) is 7.93. The summed E-state index contributed by atoms with van der Waals surface area (Å²) in [4.78, 5) is 23.0. The smallest absolute Gasteiger partial charge is 0.304 e. The highest BCUT2D eigenvalue weighted by atomic mass is 32.2. The average molecular weight is 392 g/mol. The molecule has 0 aliphatic rings. The molecule has 2 aromatic rings. The van der Waals surface area contributed by atoms with Gasteiger partial charge in [-0.2, -0.15) is 12.7 Å². The lowest BCUT2D eigenvalue weighted by Gasteiger charge is -2.27. The predicted molar refractivity (Wildman–Crippen MR) is 103 cm³/mol. The van der Waals surface area contributed by atoms with Gasteiger partial charge in [0.25, 0.3) is 5.69 Å². The van der Waals surface area contributed by atoms with E-state index in [0.29, 0.717) is 5.69 Å². The molecule has 0 saturated carbocycles. The number of anilines is 2. The summed E-state index contributed by atoms with van der Waals surface area (Å²) in [6.45, 7) is 1.03. The quantitative estimate of drug-likeness (QED) is 0.573. The highest BCUT2D eigenvalue weighted by molar-refractivity contribution is 7.90. The fourth-order valence-corrected chi connectivity index (χ4v) is 3.44. The molecule has 0 atom stereocenters. The van der Waals surface area contributed by atoms with Crippen molar-refractivity contribution in [2.24, 2.45) is 0 Å².